The van der Waals surface area contributed by atoms with E-state index in [1.807, 2.05) is 0 Å². The summed E-state index contributed by atoms with van der Waals surface area (Å²) >= 11 is 0. The molecule has 0 aromatic carbocycles. The number of H-pyrrole nitrogens is 1. The Labute approximate surface area is 146 Å². The number of aryl methyl sites for hydroxylation is 2. The first-order valence-electron chi connectivity index (χ1n) is 9.35. The van der Waals surface area contributed by atoms with E-state index in [1.54, 1.807) is 6.07 Å². The van der Waals surface area contributed by atoms with Gasteiger partial charge in [-0.25, -0.2) is 4.79 Å². The molecular formula is C19H24N2O4. The number of pyridine rings is 1. The number of aliphatic carboxylic acids is 1. The Balaban J connectivity index is 1.68. The maximum absolute atomic E-state index is 13.0. The molecule has 2 N–H and O–H groups in total. The minimum Gasteiger partial charge on any atom is -0.480 e. The molecule has 2 fully saturated rings. The standard InChI is InChI=1S/C19H24N2O4/c22-17-14(9-11-5-2-1-3-8-15(11)20-17)18(23)21-10-12-6-4-7-13(12)16(21)19(24)25/h9,12-13,16H,1-8,10H2,(H,20,22)(H,24,25). The summed E-state index contributed by atoms with van der Waals surface area (Å²) in [4.78, 5) is 41.6. The van der Waals surface area contributed by atoms with E-state index in [1.165, 1.54) is 4.90 Å². The molecule has 6 nitrogen and oxygen atoms in total. The van der Waals surface area contributed by atoms with Crippen LogP contribution in [0.5, 0.6) is 0 Å². The Morgan fingerprint density at radius 1 is 1.12 bits per heavy atom. The molecule has 0 bridgehead atoms. The van der Waals surface area contributed by atoms with Crippen molar-refractivity contribution in [2.75, 3.05) is 6.54 Å². The molecule has 0 spiro atoms. The van der Waals surface area contributed by atoms with E-state index in [-0.39, 0.29) is 23.0 Å². The van der Waals surface area contributed by atoms with Crippen LogP contribution in [0.25, 0.3) is 0 Å². The third-order valence-electron chi connectivity index (χ3n) is 6.22. The van der Waals surface area contributed by atoms with Crippen LogP contribution in [0.3, 0.4) is 0 Å². The molecule has 1 aromatic rings. The van der Waals surface area contributed by atoms with Gasteiger partial charge in [-0.05, 0) is 62.0 Å². The molecule has 1 amide bonds. The summed E-state index contributed by atoms with van der Waals surface area (Å²) in [5, 5.41) is 9.65. The van der Waals surface area contributed by atoms with E-state index in [2.05, 4.69) is 4.98 Å². The molecular weight excluding hydrogens is 320 g/mol. The van der Waals surface area contributed by atoms with Gasteiger partial charge in [0.15, 0.2) is 0 Å². The zero-order valence-corrected chi connectivity index (χ0v) is 14.3. The summed E-state index contributed by atoms with van der Waals surface area (Å²) in [5.41, 5.74) is 1.69. The first-order valence-corrected chi connectivity index (χ1v) is 9.35. The van der Waals surface area contributed by atoms with Crippen molar-refractivity contribution in [1.82, 2.24) is 9.88 Å². The van der Waals surface area contributed by atoms with Gasteiger partial charge in [0, 0.05) is 12.2 Å². The SMILES string of the molecule is O=C(O)C1C2CCCC2CN1C(=O)c1cc2c([nH]c1=O)CCCCC2. The van der Waals surface area contributed by atoms with E-state index in [0.717, 1.165) is 62.6 Å². The van der Waals surface area contributed by atoms with Crippen molar-refractivity contribution in [2.45, 2.75) is 57.4 Å². The number of rotatable bonds is 2. The van der Waals surface area contributed by atoms with Crippen LogP contribution in [0.2, 0.25) is 0 Å². The number of hydrogen-bond acceptors (Lipinski definition) is 3. The van der Waals surface area contributed by atoms with Crippen LogP contribution >= 0.6 is 0 Å². The van der Waals surface area contributed by atoms with Crippen molar-refractivity contribution < 1.29 is 14.7 Å². The van der Waals surface area contributed by atoms with Gasteiger partial charge in [-0.15, -0.1) is 0 Å². The number of carbonyl (C=O) groups excluding carboxylic acids is 1. The molecule has 1 saturated heterocycles. The first-order chi connectivity index (χ1) is 12.1. The topological polar surface area (TPSA) is 90.5 Å². The summed E-state index contributed by atoms with van der Waals surface area (Å²) in [6.45, 7) is 0.455. The molecule has 1 aliphatic heterocycles. The fourth-order valence-electron chi connectivity index (χ4n) is 5.00. The van der Waals surface area contributed by atoms with Gasteiger partial charge in [-0.3, -0.25) is 9.59 Å². The van der Waals surface area contributed by atoms with Crippen molar-refractivity contribution in [1.29, 1.82) is 0 Å². The van der Waals surface area contributed by atoms with E-state index in [0.29, 0.717) is 6.54 Å². The summed E-state index contributed by atoms with van der Waals surface area (Å²) < 4.78 is 0. The lowest BCUT2D eigenvalue weighted by molar-refractivity contribution is -0.142. The number of likely N-dealkylation sites (tertiary alicyclic amines) is 1. The van der Waals surface area contributed by atoms with Crippen molar-refractivity contribution in [2.24, 2.45) is 11.8 Å². The number of fused-ring (bicyclic) bond motifs is 2. The van der Waals surface area contributed by atoms with Crippen LogP contribution < -0.4 is 5.56 Å². The number of hydrogen-bond donors (Lipinski definition) is 2. The van der Waals surface area contributed by atoms with Crippen molar-refractivity contribution in [3.63, 3.8) is 0 Å². The molecule has 1 saturated carbocycles. The summed E-state index contributed by atoms with van der Waals surface area (Å²) in [6, 6.07) is 0.924. The zero-order chi connectivity index (χ0) is 17.6. The molecule has 0 radical (unpaired) electrons. The summed E-state index contributed by atoms with van der Waals surface area (Å²) in [7, 11) is 0. The highest BCUT2D eigenvalue weighted by molar-refractivity contribution is 5.97. The molecule has 6 heteroatoms. The zero-order valence-electron chi connectivity index (χ0n) is 14.3. The van der Waals surface area contributed by atoms with Gasteiger partial charge < -0.3 is 15.0 Å². The third-order valence-corrected chi connectivity index (χ3v) is 6.22. The number of nitrogens with zero attached hydrogens (tertiary/aromatic N) is 1. The Bertz CT molecular complexity index is 769. The van der Waals surface area contributed by atoms with E-state index in [9.17, 15) is 19.5 Å². The van der Waals surface area contributed by atoms with Crippen LogP contribution in [0, 0.1) is 11.8 Å². The largest absolute Gasteiger partial charge is 0.480 e. The number of aromatic nitrogens is 1. The predicted octanol–water partition coefficient (Wildman–Crippen LogP) is 1.97. The smallest absolute Gasteiger partial charge is 0.326 e. The van der Waals surface area contributed by atoms with E-state index in [4.69, 9.17) is 0 Å². The van der Waals surface area contributed by atoms with Gasteiger partial charge in [0.05, 0.1) is 0 Å². The molecule has 2 aliphatic carbocycles. The summed E-state index contributed by atoms with van der Waals surface area (Å²) in [5.74, 6) is -1.09. The maximum atomic E-state index is 13.0. The molecule has 25 heavy (non-hydrogen) atoms. The average molecular weight is 344 g/mol. The highest BCUT2D eigenvalue weighted by Crippen LogP contribution is 2.42. The third kappa shape index (κ3) is 2.77. The number of carboxylic acid groups (broad SMARTS) is 1. The van der Waals surface area contributed by atoms with E-state index < -0.39 is 17.9 Å². The second-order valence-electron chi connectivity index (χ2n) is 7.67. The number of amides is 1. The van der Waals surface area contributed by atoms with Crippen LogP contribution in [-0.4, -0.2) is 39.5 Å². The molecule has 1 aromatic heterocycles. The van der Waals surface area contributed by atoms with Crippen LogP contribution in [-0.2, 0) is 17.6 Å². The fraction of sp³-hybridized carbons (Fsp3) is 0.632. The van der Waals surface area contributed by atoms with Gasteiger partial charge in [0.2, 0.25) is 0 Å². The molecule has 134 valence electrons. The van der Waals surface area contributed by atoms with Gasteiger partial charge >= 0.3 is 5.97 Å². The summed E-state index contributed by atoms with van der Waals surface area (Å²) in [6.07, 6.45) is 7.78. The number of aromatic amines is 1. The Morgan fingerprint density at radius 3 is 2.72 bits per heavy atom. The van der Waals surface area contributed by atoms with Crippen LogP contribution in [0.15, 0.2) is 10.9 Å². The lowest BCUT2D eigenvalue weighted by Crippen LogP contribution is -2.44. The monoisotopic (exact) mass is 344 g/mol. The van der Waals surface area contributed by atoms with Crippen molar-refractivity contribution in [3.8, 4) is 0 Å². The second kappa shape index (κ2) is 6.32. The molecule has 3 unspecified atom stereocenters. The highest BCUT2D eigenvalue weighted by atomic mass is 16.4. The average Bonchev–Trinajstić information content (AvgIpc) is 3.08. The quantitative estimate of drug-likeness (QED) is 0.803. The van der Waals surface area contributed by atoms with Crippen LogP contribution in [0.1, 0.15) is 60.1 Å². The van der Waals surface area contributed by atoms with E-state index >= 15 is 0 Å². The first kappa shape index (κ1) is 16.4. The van der Waals surface area contributed by atoms with Gasteiger partial charge in [0.1, 0.15) is 11.6 Å². The normalized spacial score (nSPS) is 28.3. The number of nitrogens with one attached hydrogen (secondary N) is 1. The van der Waals surface area contributed by atoms with Gasteiger partial charge in [-0.2, -0.15) is 0 Å². The van der Waals surface area contributed by atoms with Crippen molar-refractivity contribution >= 4 is 11.9 Å². The minimum absolute atomic E-state index is 0.0290. The molecule has 4 rings (SSSR count). The lowest BCUT2D eigenvalue weighted by Gasteiger charge is -2.24. The maximum Gasteiger partial charge on any atom is 0.326 e. The Kier molecular flexibility index (Phi) is 4.13. The van der Waals surface area contributed by atoms with Crippen LogP contribution in [0.4, 0.5) is 0 Å². The van der Waals surface area contributed by atoms with Crippen molar-refractivity contribution in [3.05, 3.63) is 33.2 Å². The van der Waals surface area contributed by atoms with Gasteiger partial charge in [-0.1, -0.05) is 12.8 Å². The van der Waals surface area contributed by atoms with Gasteiger partial charge in [0.25, 0.3) is 11.5 Å². The fourth-order valence-corrected chi connectivity index (χ4v) is 5.00. The highest BCUT2D eigenvalue weighted by Gasteiger charge is 2.49. The predicted molar refractivity (Wildman–Crippen MR) is 91.6 cm³/mol. The Hall–Kier alpha value is -2.11. The minimum atomic E-state index is -0.950. The Morgan fingerprint density at radius 2 is 1.92 bits per heavy atom. The number of carbonyl (C=O) groups is 2. The molecule has 3 aliphatic rings. The second-order valence-corrected chi connectivity index (χ2v) is 7.67. The lowest BCUT2D eigenvalue weighted by atomic mass is 9.94. The number of carboxylic acids is 1. The molecule has 3 atom stereocenters. The molecule has 2 heterocycles.